The van der Waals surface area contributed by atoms with Gasteiger partial charge in [0.2, 0.25) is 0 Å². The molecule has 1 aromatic rings. The molecule has 0 aromatic heterocycles. The normalized spacial score (nSPS) is 24.9. The van der Waals surface area contributed by atoms with E-state index in [-0.39, 0.29) is 30.9 Å². The second-order valence-corrected chi connectivity index (χ2v) is 4.54. The number of aryl methyl sites for hydroxylation is 1. The molecule has 0 fully saturated rings. The number of halogens is 1. The zero-order valence-corrected chi connectivity index (χ0v) is 9.19. The van der Waals surface area contributed by atoms with Gasteiger partial charge in [-0.1, -0.05) is 6.07 Å². The number of hydrogen-bond donors (Lipinski definition) is 2. The number of fused-ring (bicyclic) bond motifs is 1. The van der Waals surface area contributed by atoms with Gasteiger partial charge in [-0.15, -0.1) is 0 Å². The van der Waals surface area contributed by atoms with Crippen LogP contribution >= 0.6 is 0 Å². The van der Waals surface area contributed by atoms with Crippen molar-refractivity contribution in [2.45, 2.75) is 19.3 Å². The molecule has 2 rings (SSSR count). The lowest BCUT2D eigenvalue weighted by Crippen LogP contribution is -2.22. The molecule has 2 atom stereocenters. The Morgan fingerprint density at radius 2 is 1.88 bits per heavy atom. The third kappa shape index (κ3) is 2.25. The fraction of sp³-hybridized carbons (Fsp3) is 0.538. The Kier molecular flexibility index (Phi) is 3.56. The van der Waals surface area contributed by atoms with Gasteiger partial charge in [0, 0.05) is 13.2 Å². The average molecular weight is 224 g/mol. The van der Waals surface area contributed by atoms with Crippen LogP contribution in [0.1, 0.15) is 17.5 Å². The van der Waals surface area contributed by atoms with Gasteiger partial charge >= 0.3 is 0 Å². The van der Waals surface area contributed by atoms with Crippen LogP contribution in [0, 0.1) is 17.7 Å². The van der Waals surface area contributed by atoms with E-state index in [1.807, 2.05) is 6.07 Å². The van der Waals surface area contributed by atoms with E-state index in [1.54, 1.807) is 6.07 Å². The van der Waals surface area contributed by atoms with Gasteiger partial charge in [0.1, 0.15) is 5.82 Å². The highest BCUT2D eigenvalue weighted by Gasteiger charge is 2.25. The summed E-state index contributed by atoms with van der Waals surface area (Å²) in [6.07, 6.45) is 2.38. The third-order valence-electron chi connectivity index (χ3n) is 3.57. The first-order valence-electron chi connectivity index (χ1n) is 5.73. The highest BCUT2D eigenvalue weighted by atomic mass is 19.1. The van der Waals surface area contributed by atoms with E-state index >= 15 is 0 Å². The summed E-state index contributed by atoms with van der Waals surface area (Å²) < 4.78 is 13.1. The molecule has 0 saturated heterocycles. The zero-order chi connectivity index (χ0) is 11.5. The van der Waals surface area contributed by atoms with Crippen LogP contribution in [0.4, 0.5) is 4.39 Å². The van der Waals surface area contributed by atoms with E-state index in [4.69, 9.17) is 0 Å². The summed E-state index contributed by atoms with van der Waals surface area (Å²) in [6, 6.07) is 4.85. The summed E-state index contributed by atoms with van der Waals surface area (Å²) in [6.45, 7) is 0.156. The van der Waals surface area contributed by atoms with Gasteiger partial charge in [-0.3, -0.25) is 0 Å². The van der Waals surface area contributed by atoms with E-state index in [0.717, 1.165) is 24.0 Å². The lowest BCUT2D eigenvalue weighted by molar-refractivity contribution is 0.117. The molecule has 0 saturated carbocycles. The van der Waals surface area contributed by atoms with Crippen LogP contribution in [0.3, 0.4) is 0 Å². The summed E-state index contributed by atoms with van der Waals surface area (Å²) >= 11 is 0. The standard InChI is InChI=1S/C13H17FO2/c14-13-4-3-9-1-2-10(7-15)12(8-16)5-11(9)6-13/h3-4,6,10,12,15-16H,1-2,5,7-8H2/t10-,12+/m0/s1. The van der Waals surface area contributed by atoms with Crippen LogP contribution in [0.5, 0.6) is 0 Å². The molecule has 0 heterocycles. The summed E-state index contributed by atoms with van der Waals surface area (Å²) in [5.41, 5.74) is 2.13. The van der Waals surface area contributed by atoms with E-state index < -0.39 is 0 Å². The van der Waals surface area contributed by atoms with Crippen LogP contribution in [0.15, 0.2) is 18.2 Å². The maximum atomic E-state index is 13.1. The number of rotatable bonds is 2. The molecular formula is C13H17FO2. The van der Waals surface area contributed by atoms with Gasteiger partial charge in [-0.2, -0.15) is 0 Å². The van der Waals surface area contributed by atoms with Crippen LogP contribution in [0.2, 0.25) is 0 Å². The van der Waals surface area contributed by atoms with Crippen LogP contribution in [0.25, 0.3) is 0 Å². The molecule has 0 bridgehead atoms. The molecule has 0 unspecified atom stereocenters. The van der Waals surface area contributed by atoms with Gasteiger partial charge in [0.25, 0.3) is 0 Å². The van der Waals surface area contributed by atoms with Gasteiger partial charge in [0.05, 0.1) is 0 Å². The van der Waals surface area contributed by atoms with Gasteiger partial charge in [0.15, 0.2) is 0 Å². The Balaban J connectivity index is 2.28. The number of benzene rings is 1. The van der Waals surface area contributed by atoms with Crippen molar-refractivity contribution < 1.29 is 14.6 Å². The van der Waals surface area contributed by atoms with Crippen molar-refractivity contribution in [2.24, 2.45) is 11.8 Å². The molecule has 88 valence electrons. The number of aliphatic hydroxyl groups excluding tert-OH is 2. The quantitative estimate of drug-likeness (QED) is 0.748. The zero-order valence-electron chi connectivity index (χ0n) is 9.19. The minimum absolute atomic E-state index is 0.0491. The molecular weight excluding hydrogens is 207 g/mol. The van der Waals surface area contributed by atoms with Crippen LogP contribution in [-0.2, 0) is 12.8 Å². The predicted octanol–water partition coefficient (Wildman–Crippen LogP) is 1.53. The average Bonchev–Trinajstić information content (AvgIpc) is 2.47. The van der Waals surface area contributed by atoms with E-state index in [9.17, 15) is 14.6 Å². The Morgan fingerprint density at radius 3 is 2.56 bits per heavy atom. The SMILES string of the molecule is OC[C@@H]1CCc2ccc(F)cc2C[C@@H]1CO. The second kappa shape index (κ2) is 4.93. The summed E-state index contributed by atoms with van der Waals surface area (Å²) in [5.74, 6) is -0.0496. The van der Waals surface area contributed by atoms with E-state index in [1.165, 1.54) is 6.07 Å². The highest BCUT2D eigenvalue weighted by molar-refractivity contribution is 5.29. The van der Waals surface area contributed by atoms with Crippen molar-refractivity contribution in [1.82, 2.24) is 0 Å². The predicted molar refractivity (Wildman–Crippen MR) is 59.6 cm³/mol. The summed E-state index contributed by atoms with van der Waals surface area (Å²) in [5, 5.41) is 18.6. The molecule has 1 aliphatic carbocycles. The minimum Gasteiger partial charge on any atom is -0.396 e. The molecule has 0 radical (unpaired) electrons. The summed E-state index contributed by atoms with van der Waals surface area (Å²) in [4.78, 5) is 0. The minimum atomic E-state index is -0.224. The second-order valence-electron chi connectivity index (χ2n) is 4.54. The Labute approximate surface area is 94.7 Å². The van der Waals surface area contributed by atoms with Crippen molar-refractivity contribution in [3.05, 3.63) is 35.1 Å². The molecule has 0 spiro atoms. The molecule has 3 heteroatoms. The van der Waals surface area contributed by atoms with Gasteiger partial charge < -0.3 is 10.2 Å². The molecule has 16 heavy (non-hydrogen) atoms. The Morgan fingerprint density at radius 1 is 1.12 bits per heavy atom. The third-order valence-corrected chi connectivity index (χ3v) is 3.57. The lowest BCUT2D eigenvalue weighted by Gasteiger charge is -2.20. The van der Waals surface area contributed by atoms with Crippen LogP contribution in [-0.4, -0.2) is 23.4 Å². The monoisotopic (exact) mass is 224 g/mol. The Hall–Kier alpha value is -0.930. The van der Waals surface area contributed by atoms with Crippen molar-refractivity contribution in [3.8, 4) is 0 Å². The Bertz CT molecular complexity index is 365. The van der Waals surface area contributed by atoms with Crippen molar-refractivity contribution in [1.29, 1.82) is 0 Å². The maximum Gasteiger partial charge on any atom is 0.123 e. The maximum absolute atomic E-state index is 13.1. The van der Waals surface area contributed by atoms with Crippen molar-refractivity contribution >= 4 is 0 Å². The van der Waals surface area contributed by atoms with E-state index in [2.05, 4.69) is 0 Å². The molecule has 2 nitrogen and oxygen atoms in total. The largest absolute Gasteiger partial charge is 0.396 e. The molecule has 0 amide bonds. The first-order valence-corrected chi connectivity index (χ1v) is 5.73. The molecule has 1 aromatic carbocycles. The fourth-order valence-corrected chi connectivity index (χ4v) is 2.51. The fourth-order valence-electron chi connectivity index (χ4n) is 2.51. The topological polar surface area (TPSA) is 40.5 Å². The first kappa shape index (κ1) is 11.6. The lowest BCUT2D eigenvalue weighted by atomic mass is 9.88. The van der Waals surface area contributed by atoms with Crippen molar-refractivity contribution in [3.63, 3.8) is 0 Å². The smallest absolute Gasteiger partial charge is 0.123 e. The van der Waals surface area contributed by atoms with Gasteiger partial charge in [-0.05, 0) is 54.4 Å². The van der Waals surface area contributed by atoms with E-state index in [0.29, 0.717) is 6.42 Å². The highest BCUT2D eigenvalue weighted by Crippen LogP contribution is 2.29. The number of aliphatic hydroxyl groups is 2. The summed E-state index contributed by atoms with van der Waals surface area (Å²) in [7, 11) is 0. The molecule has 2 N–H and O–H groups in total. The van der Waals surface area contributed by atoms with Crippen molar-refractivity contribution in [2.75, 3.05) is 13.2 Å². The molecule has 1 aliphatic rings. The molecule has 0 aliphatic heterocycles. The van der Waals surface area contributed by atoms with Gasteiger partial charge in [-0.25, -0.2) is 4.39 Å². The first-order chi connectivity index (χ1) is 7.74. The number of hydrogen-bond acceptors (Lipinski definition) is 2. The van der Waals surface area contributed by atoms with Crippen LogP contribution < -0.4 is 0 Å².